The molecule has 0 saturated heterocycles. The summed E-state index contributed by atoms with van der Waals surface area (Å²) in [5, 5.41) is 0. The van der Waals surface area contributed by atoms with Crippen LogP contribution in [0.3, 0.4) is 0 Å². The van der Waals surface area contributed by atoms with Gasteiger partial charge in [-0.1, -0.05) is 36.4 Å². The first-order valence-electron chi connectivity index (χ1n) is 6.72. The Bertz CT molecular complexity index is 636. The first kappa shape index (κ1) is 13.0. The minimum absolute atomic E-state index is 0.0915. The molecule has 1 unspecified atom stereocenters. The predicted octanol–water partition coefficient (Wildman–Crippen LogP) is 3.71. The molecule has 0 radical (unpaired) electrons. The van der Waals surface area contributed by atoms with Crippen molar-refractivity contribution in [2.75, 3.05) is 6.61 Å². The summed E-state index contributed by atoms with van der Waals surface area (Å²) < 4.78 is 18.9. The molecule has 2 aromatic carbocycles. The van der Waals surface area contributed by atoms with E-state index in [0.717, 1.165) is 12.0 Å². The van der Waals surface area contributed by atoms with Crippen LogP contribution in [0.4, 0.5) is 4.39 Å². The molecule has 0 N–H and O–H groups in total. The number of halogens is 1. The van der Waals surface area contributed by atoms with E-state index in [2.05, 4.69) is 6.07 Å². The summed E-state index contributed by atoms with van der Waals surface area (Å²) in [5.41, 5.74) is 2.70. The molecular weight excluding hydrogens is 255 g/mol. The molecule has 20 heavy (non-hydrogen) atoms. The number of fused-ring (bicyclic) bond motifs is 1. The predicted molar refractivity (Wildman–Crippen MR) is 74.2 cm³/mol. The van der Waals surface area contributed by atoms with Gasteiger partial charge >= 0.3 is 0 Å². The smallest absolute Gasteiger partial charge is 0.165 e. The number of hydrogen-bond acceptors (Lipinski definition) is 2. The summed E-state index contributed by atoms with van der Waals surface area (Å²) in [7, 11) is 0. The first-order chi connectivity index (χ1) is 9.74. The molecule has 102 valence electrons. The zero-order valence-corrected chi connectivity index (χ0v) is 11.0. The highest BCUT2D eigenvalue weighted by atomic mass is 19.1. The third-order valence-electron chi connectivity index (χ3n) is 3.61. The second-order valence-corrected chi connectivity index (χ2v) is 4.95. The summed E-state index contributed by atoms with van der Waals surface area (Å²) in [5.74, 6) is -0.480. The molecular formula is C17H15FO2. The second-order valence-electron chi connectivity index (χ2n) is 4.95. The molecule has 0 aromatic heterocycles. The molecule has 2 nitrogen and oxygen atoms in total. The standard InChI is InChI=1S/C17H15FO2/c18-14-6-3-5-13(10-14)16(19)11-17-15-7-2-1-4-12(15)8-9-20-17/h1-7,10,17H,8-9,11H2. The third-order valence-corrected chi connectivity index (χ3v) is 3.61. The normalized spacial score (nSPS) is 17.6. The van der Waals surface area contributed by atoms with Crippen molar-refractivity contribution in [3.63, 3.8) is 0 Å². The molecule has 0 aliphatic carbocycles. The lowest BCUT2D eigenvalue weighted by atomic mass is 9.93. The van der Waals surface area contributed by atoms with Gasteiger partial charge in [-0.05, 0) is 29.7 Å². The number of ether oxygens (including phenoxy) is 1. The largest absolute Gasteiger partial charge is 0.373 e. The Labute approximate surface area is 117 Å². The van der Waals surface area contributed by atoms with Crippen LogP contribution >= 0.6 is 0 Å². The number of carbonyl (C=O) groups is 1. The highest BCUT2D eigenvalue weighted by Crippen LogP contribution is 2.30. The van der Waals surface area contributed by atoms with E-state index in [1.807, 2.05) is 18.2 Å². The van der Waals surface area contributed by atoms with Crippen LogP contribution in [-0.4, -0.2) is 12.4 Å². The van der Waals surface area contributed by atoms with Gasteiger partial charge in [-0.25, -0.2) is 4.39 Å². The molecule has 2 aromatic rings. The monoisotopic (exact) mass is 270 g/mol. The molecule has 0 amide bonds. The summed E-state index contributed by atoms with van der Waals surface area (Å²) in [4.78, 5) is 12.2. The molecule has 0 fully saturated rings. The summed E-state index contributed by atoms with van der Waals surface area (Å²) >= 11 is 0. The van der Waals surface area contributed by atoms with Crippen LogP contribution in [0.5, 0.6) is 0 Å². The molecule has 1 aliphatic heterocycles. The van der Waals surface area contributed by atoms with E-state index in [9.17, 15) is 9.18 Å². The fraction of sp³-hybridized carbons (Fsp3) is 0.235. The number of rotatable bonds is 3. The molecule has 0 spiro atoms. The molecule has 1 aliphatic rings. The SMILES string of the molecule is O=C(CC1OCCc2ccccc21)c1cccc(F)c1. The number of Topliss-reactive ketones (excluding diaryl/α,β-unsaturated/α-hetero) is 1. The Morgan fingerprint density at radius 2 is 2.05 bits per heavy atom. The molecule has 3 heteroatoms. The zero-order chi connectivity index (χ0) is 13.9. The second kappa shape index (κ2) is 5.55. The van der Waals surface area contributed by atoms with Crippen molar-refractivity contribution in [1.82, 2.24) is 0 Å². The zero-order valence-electron chi connectivity index (χ0n) is 11.0. The van der Waals surface area contributed by atoms with E-state index in [0.29, 0.717) is 12.2 Å². The van der Waals surface area contributed by atoms with Crippen LogP contribution in [0.1, 0.15) is 34.0 Å². The van der Waals surface area contributed by atoms with Gasteiger partial charge in [-0.15, -0.1) is 0 Å². The summed E-state index contributed by atoms with van der Waals surface area (Å²) in [6.07, 6.45) is 0.900. The number of hydrogen-bond donors (Lipinski definition) is 0. The van der Waals surface area contributed by atoms with E-state index in [-0.39, 0.29) is 24.1 Å². The van der Waals surface area contributed by atoms with Crippen molar-refractivity contribution < 1.29 is 13.9 Å². The van der Waals surface area contributed by atoms with Crippen LogP contribution in [0.15, 0.2) is 48.5 Å². The Morgan fingerprint density at radius 1 is 1.20 bits per heavy atom. The van der Waals surface area contributed by atoms with Crippen molar-refractivity contribution in [2.45, 2.75) is 18.9 Å². The van der Waals surface area contributed by atoms with Gasteiger partial charge < -0.3 is 4.74 Å². The fourth-order valence-corrected chi connectivity index (χ4v) is 2.59. The van der Waals surface area contributed by atoms with Crippen LogP contribution < -0.4 is 0 Å². The maximum atomic E-state index is 13.2. The molecule has 3 rings (SSSR count). The van der Waals surface area contributed by atoms with E-state index < -0.39 is 0 Å². The molecule has 1 heterocycles. The number of benzene rings is 2. The highest BCUT2D eigenvalue weighted by molar-refractivity contribution is 5.96. The average Bonchev–Trinajstić information content (AvgIpc) is 2.47. The van der Waals surface area contributed by atoms with E-state index >= 15 is 0 Å². The van der Waals surface area contributed by atoms with Gasteiger partial charge in [-0.2, -0.15) is 0 Å². The maximum Gasteiger partial charge on any atom is 0.165 e. The van der Waals surface area contributed by atoms with Gasteiger partial charge in [0.25, 0.3) is 0 Å². The van der Waals surface area contributed by atoms with Crippen molar-refractivity contribution in [3.05, 3.63) is 71.0 Å². The number of carbonyl (C=O) groups excluding carboxylic acids is 1. The Hall–Kier alpha value is -2.00. The van der Waals surface area contributed by atoms with Crippen LogP contribution in [0.25, 0.3) is 0 Å². The van der Waals surface area contributed by atoms with E-state index in [1.54, 1.807) is 12.1 Å². The highest BCUT2D eigenvalue weighted by Gasteiger charge is 2.23. The van der Waals surface area contributed by atoms with E-state index in [1.165, 1.54) is 17.7 Å². The fourth-order valence-electron chi connectivity index (χ4n) is 2.59. The topological polar surface area (TPSA) is 26.3 Å². The van der Waals surface area contributed by atoms with Gasteiger partial charge in [0.15, 0.2) is 5.78 Å². The lowest BCUT2D eigenvalue weighted by molar-refractivity contribution is 0.0352. The Kier molecular flexibility index (Phi) is 3.61. The lowest BCUT2D eigenvalue weighted by Gasteiger charge is -2.25. The van der Waals surface area contributed by atoms with Crippen molar-refractivity contribution >= 4 is 5.78 Å². The molecule has 0 saturated carbocycles. The van der Waals surface area contributed by atoms with Gasteiger partial charge in [0.1, 0.15) is 5.82 Å². The molecule has 1 atom stereocenters. The Morgan fingerprint density at radius 3 is 2.90 bits per heavy atom. The van der Waals surface area contributed by atoms with Gasteiger partial charge in [0.05, 0.1) is 12.7 Å². The van der Waals surface area contributed by atoms with Gasteiger partial charge in [-0.3, -0.25) is 4.79 Å². The van der Waals surface area contributed by atoms with Crippen LogP contribution in [0.2, 0.25) is 0 Å². The molecule has 0 bridgehead atoms. The average molecular weight is 270 g/mol. The van der Waals surface area contributed by atoms with E-state index in [4.69, 9.17) is 4.74 Å². The van der Waals surface area contributed by atoms with Crippen molar-refractivity contribution in [2.24, 2.45) is 0 Å². The van der Waals surface area contributed by atoms with Crippen molar-refractivity contribution in [1.29, 1.82) is 0 Å². The van der Waals surface area contributed by atoms with Crippen LogP contribution in [0, 0.1) is 5.82 Å². The maximum absolute atomic E-state index is 13.2. The van der Waals surface area contributed by atoms with Gasteiger partial charge in [0.2, 0.25) is 0 Å². The van der Waals surface area contributed by atoms with Crippen LogP contribution in [-0.2, 0) is 11.2 Å². The van der Waals surface area contributed by atoms with Crippen molar-refractivity contribution in [3.8, 4) is 0 Å². The quantitative estimate of drug-likeness (QED) is 0.795. The minimum atomic E-state index is -0.388. The minimum Gasteiger partial charge on any atom is -0.373 e. The third kappa shape index (κ3) is 2.63. The summed E-state index contributed by atoms with van der Waals surface area (Å²) in [6.45, 7) is 0.623. The Balaban J connectivity index is 1.81. The van der Waals surface area contributed by atoms with Gasteiger partial charge in [0, 0.05) is 12.0 Å². The first-order valence-corrected chi connectivity index (χ1v) is 6.72. The lowest BCUT2D eigenvalue weighted by Crippen LogP contribution is -2.19. The number of ketones is 1. The summed E-state index contributed by atoms with van der Waals surface area (Å²) in [6, 6.07) is 13.8.